The first-order valence-corrected chi connectivity index (χ1v) is 6.93. The molecule has 1 aliphatic rings. The van der Waals surface area contributed by atoms with Crippen molar-refractivity contribution in [3.8, 4) is 11.5 Å². The molecule has 104 valence electrons. The molecule has 1 heterocycles. The van der Waals surface area contributed by atoms with Crippen LogP contribution in [0.4, 0.5) is 0 Å². The summed E-state index contributed by atoms with van der Waals surface area (Å²) in [4.78, 5) is 11.0. The molecule has 0 atom stereocenters. The number of carbonyl (C=O) groups is 1. The summed E-state index contributed by atoms with van der Waals surface area (Å²) in [6.45, 7) is 6.83. The van der Waals surface area contributed by atoms with Gasteiger partial charge in [0.25, 0.3) is 0 Å². The van der Waals surface area contributed by atoms with E-state index in [0.717, 1.165) is 21.3 Å². The van der Waals surface area contributed by atoms with Crippen molar-refractivity contribution >= 4 is 21.9 Å². The van der Waals surface area contributed by atoms with Gasteiger partial charge in [-0.15, -0.1) is 0 Å². The van der Waals surface area contributed by atoms with Gasteiger partial charge in [-0.1, -0.05) is 29.8 Å². The van der Waals surface area contributed by atoms with E-state index >= 15 is 0 Å². The fourth-order valence-electron chi connectivity index (χ4n) is 2.29. The van der Waals surface area contributed by atoms with Gasteiger partial charge in [-0.3, -0.25) is 4.79 Å². The van der Waals surface area contributed by atoms with Crippen molar-refractivity contribution in [1.82, 2.24) is 0 Å². The van der Waals surface area contributed by atoms with Crippen molar-refractivity contribution in [2.45, 2.75) is 32.6 Å². The van der Waals surface area contributed by atoms with E-state index in [0.29, 0.717) is 19.0 Å². The maximum atomic E-state index is 11.0. The number of hydrogen-bond donors (Lipinski definition) is 1. The molecule has 0 amide bonds. The number of ether oxygens (including phenoxy) is 2. The normalized spacial score (nSPS) is 14.3. The van der Waals surface area contributed by atoms with Crippen LogP contribution in [0.15, 0.2) is 10.5 Å². The minimum atomic E-state index is -0.815. The number of halogens is 1. The Labute approximate surface area is 120 Å². The van der Waals surface area contributed by atoms with Gasteiger partial charge in [-0.2, -0.15) is 0 Å². The number of hydrogen-bond acceptors (Lipinski definition) is 3. The molecule has 0 unspecified atom stereocenters. The van der Waals surface area contributed by atoms with E-state index in [1.165, 1.54) is 0 Å². The van der Waals surface area contributed by atoms with Crippen LogP contribution in [0.1, 0.15) is 31.4 Å². The zero-order valence-corrected chi connectivity index (χ0v) is 12.8. The first-order valence-electron chi connectivity index (χ1n) is 6.14. The van der Waals surface area contributed by atoms with Crippen LogP contribution in [0.2, 0.25) is 0 Å². The highest BCUT2D eigenvalue weighted by Crippen LogP contribution is 2.44. The molecular weight excluding hydrogens is 312 g/mol. The Morgan fingerprint density at radius 2 is 2.05 bits per heavy atom. The Balaban J connectivity index is 2.52. The molecule has 0 saturated heterocycles. The van der Waals surface area contributed by atoms with Crippen LogP contribution < -0.4 is 9.47 Å². The Kier molecular flexibility index (Phi) is 3.76. The number of carboxylic acids is 1. The monoisotopic (exact) mass is 328 g/mol. The molecular formula is C14H17BrO4. The summed E-state index contributed by atoms with van der Waals surface area (Å²) in [6.07, 6.45) is 0.0602. The van der Waals surface area contributed by atoms with Crippen molar-refractivity contribution in [3.05, 3.63) is 21.7 Å². The molecule has 0 spiro atoms. The lowest BCUT2D eigenvalue weighted by Gasteiger charge is -2.29. The van der Waals surface area contributed by atoms with Crippen LogP contribution in [0.5, 0.6) is 11.5 Å². The molecule has 1 aliphatic heterocycles. The predicted molar refractivity (Wildman–Crippen MR) is 75.1 cm³/mol. The van der Waals surface area contributed by atoms with E-state index in [1.54, 1.807) is 0 Å². The van der Waals surface area contributed by atoms with Crippen LogP contribution >= 0.6 is 15.9 Å². The van der Waals surface area contributed by atoms with Gasteiger partial charge >= 0.3 is 5.97 Å². The second-order valence-corrected chi connectivity index (χ2v) is 6.13. The standard InChI is InChI=1S/C14H17BrO4/c1-8-12(15)9(14(2,3)7-11(16)17)6-10-13(8)19-5-4-18-10/h6H,4-5,7H2,1-3H3,(H,16,17). The van der Waals surface area contributed by atoms with E-state index in [4.69, 9.17) is 14.6 Å². The SMILES string of the molecule is Cc1c(Br)c(C(C)(C)CC(=O)O)cc2c1OCCO2. The smallest absolute Gasteiger partial charge is 0.304 e. The molecule has 2 rings (SSSR count). The second-order valence-electron chi connectivity index (χ2n) is 5.34. The van der Waals surface area contributed by atoms with Crippen molar-refractivity contribution in [3.63, 3.8) is 0 Å². The molecule has 0 saturated carbocycles. The number of fused-ring (bicyclic) bond motifs is 1. The highest BCUT2D eigenvalue weighted by atomic mass is 79.9. The zero-order valence-electron chi connectivity index (χ0n) is 11.2. The highest BCUT2D eigenvalue weighted by molar-refractivity contribution is 9.10. The van der Waals surface area contributed by atoms with Crippen molar-refractivity contribution in [2.24, 2.45) is 0 Å². The minimum Gasteiger partial charge on any atom is -0.486 e. The fourth-order valence-corrected chi connectivity index (χ4v) is 3.13. The molecule has 5 heteroatoms. The highest BCUT2D eigenvalue weighted by Gasteiger charge is 2.30. The van der Waals surface area contributed by atoms with Gasteiger partial charge in [-0.05, 0) is 18.6 Å². The van der Waals surface area contributed by atoms with E-state index in [2.05, 4.69) is 15.9 Å². The minimum absolute atomic E-state index is 0.0602. The predicted octanol–water partition coefficient (Wildman–Crippen LogP) is 3.28. The summed E-state index contributed by atoms with van der Waals surface area (Å²) < 4.78 is 12.1. The average Bonchev–Trinajstić information content (AvgIpc) is 2.32. The lowest BCUT2D eigenvalue weighted by Crippen LogP contribution is -2.24. The Morgan fingerprint density at radius 3 is 2.68 bits per heavy atom. The number of aliphatic carboxylic acids is 1. The first-order chi connectivity index (χ1) is 8.83. The molecule has 4 nitrogen and oxygen atoms in total. The van der Waals surface area contributed by atoms with E-state index in [9.17, 15) is 4.79 Å². The summed E-state index contributed by atoms with van der Waals surface area (Å²) in [5.41, 5.74) is 1.40. The third kappa shape index (κ3) is 2.71. The van der Waals surface area contributed by atoms with Crippen LogP contribution in [0.3, 0.4) is 0 Å². The number of benzene rings is 1. The van der Waals surface area contributed by atoms with E-state index < -0.39 is 11.4 Å². The molecule has 0 aliphatic carbocycles. The van der Waals surface area contributed by atoms with Gasteiger partial charge in [0.1, 0.15) is 13.2 Å². The lowest BCUT2D eigenvalue weighted by molar-refractivity contribution is -0.138. The van der Waals surface area contributed by atoms with Crippen LogP contribution in [0.25, 0.3) is 0 Å². The maximum Gasteiger partial charge on any atom is 0.304 e. The Morgan fingerprint density at radius 1 is 1.42 bits per heavy atom. The van der Waals surface area contributed by atoms with Gasteiger partial charge in [0.2, 0.25) is 0 Å². The quantitative estimate of drug-likeness (QED) is 0.925. The molecule has 0 bridgehead atoms. The molecule has 0 fully saturated rings. The molecule has 0 aromatic heterocycles. The number of carboxylic acid groups (broad SMARTS) is 1. The third-order valence-electron chi connectivity index (χ3n) is 3.32. The van der Waals surface area contributed by atoms with Crippen molar-refractivity contribution < 1.29 is 19.4 Å². The molecule has 1 N–H and O–H groups in total. The van der Waals surface area contributed by atoms with Crippen molar-refractivity contribution in [2.75, 3.05) is 13.2 Å². The molecule has 1 aromatic carbocycles. The Hall–Kier alpha value is -1.23. The van der Waals surface area contributed by atoms with Crippen LogP contribution in [0, 0.1) is 6.92 Å². The second kappa shape index (κ2) is 5.04. The summed E-state index contributed by atoms with van der Waals surface area (Å²) in [6, 6.07) is 1.88. The molecule has 1 aromatic rings. The first kappa shape index (κ1) is 14.2. The average molecular weight is 329 g/mol. The van der Waals surface area contributed by atoms with Gasteiger partial charge in [0, 0.05) is 15.5 Å². The summed E-state index contributed by atoms with van der Waals surface area (Å²) in [5.74, 6) is 0.623. The topological polar surface area (TPSA) is 55.8 Å². The maximum absolute atomic E-state index is 11.0. The molecule has 19 heavy (non-hydrogen) atoms. The Bertz CT molecular complexity index is 523. The van der Waals surface area contributed by atoms with Gasteiger partial charge < -0.3 is 14.6 Å². The van der Waals surface area contributed by atoms with Gasteiger partial charge in [0.15, 0.2) is 11.5 Å². The summed E-state index contributed by atoms with van der Waals surface area (Å²) >= 11 is 3.56. The van der Waals surface area contributed by atoms with E-state index in [1.807, 2.05) is 26.8 Å². The van der Waals surface area contributed by atoms with Gasteiger partial charge in [0.05, 0.1) is 6.42 Å². The third-order valence-corrected chi connectivity index (χ3v) is 4.34. The fraction of sp³-hybridized carbons (Fsp3) is 0.500. The lowest BCUT2D eigenvalue weighted by atomic mass is 9.80. The van der Waals surface area contributed by atoms with Gasteiger partial charge in [-0.25, -0.2) is 0 Å². The van der Waals surface area contributed by atoms with E-state index in [-0.39, 0.29) is 6.42 Å². The van der Waals surface area contributed by atoms with Crippen LogP contribution in [-0.4, -0.2) is 24.3 Å². The molecule has 0 radical (unpaired) electrons. The van der Waals surface area contributed by atoms with Crippen molar-refractivity contribution in [1.29, 1.82) is 0 Å². The summed E-state index contributed by atoms with van der Waals surface area (Å²) in [5, 5.41) is 9.04. The number of rotatable bonds is 3. The summed E-state index contributed by atoms with van der Waals surface area (Å²) in [7, 11) is 0. The zero-order chi connectivity index (χ0) is 14.2. The largest absolute Gasteiger partial charge is 0.486 e. The van der Waals surface area contributed by atoms with Crippen LogP contribution in [-0.2, 0) is 10.2 Å².